The summed E-state index contributed by atoms with van der Waals surface area (Å²) in [7, 11) is -1.55. The summed E-state index contributed by atoms with van der Waals surface area (Å²) in [4.78, 5) is 0. The second-order valence-corrected chi connectivity index (χ2v) is 13.7. The van der Waals surface area contributed by atoms with E-state index in [1.54, 1.807) is 48.6 Å². The maximum atomic E-state index is 6.22. The standard InChI is InChI=1S/C13H26O7Si3/c1-14-21(6,15-2)19-23(18-5,13-11-9-8-10-12-13)20-22(7,16-3)17-4/h8-12H,1-7H3. The van der Waals surface area contributed by atoms with Crippen LogP contribution in [-0.2, 0) is 30.4 Å². The van der Waals surface area contributed by atoms with E-state index >= 15 is 0 Å². The fraction of sp³-hybridized carbons (Fsp3) is 0.538. The van der Waals surface area contributed by atoms with Crippen molar-refractivity contribution in [1.29, 1.82) is 0 Å². The van der Waals surface area contributed by atoms with Crippen molar-refractivity contribution in [2.24, 2.45) is 0 Å². The van der Waals surface area contributed by atoms with Crippen LogP contribution in [-0.4, -0.2) is 62.0 Å². The van der Waals surface area contributed by atoms with Gasteiger partial charge in [-0.2, -0.15) is 0 Å². The predicted octanol–water partition coefficient (Wildman–Crippen LogP) is 1.24. The molecule has 0 unspecified atom stereocenters. The van der Waals surface area contributed by atoms with Gasteiger partial charge in [0.15, 0.2) is 0 Å². The van der Waals surface area contributed by atoms with Crippen molar-refractivity contribution >= 4 is 31.6 Å². The zero-order valence-electron chi connectivity index (χ0n) is 14.7. The van der Waals surface area contributed by atoms with Gasteiger partial charge in [0.05, 0.1) is 0 Å². The fourth-order valence-electron chi connectivity index (χ4n) is 1.80. The average molecular weight is 379 g/mol. The Kier molecular flexibility index (Phi) is 7.73. The fourth-order valence-corrected chi connectivity index (χ4v) is 10.4. The molecule has 1 rings (SSSR count). The first-order chi connectivity index (χ1) is 10.8. The number of hydrogen-bond donors (Lipinski definition) is 0. The Balaban J connectivity index is 3.33. The van der Waals surface area contributed by atoms with Crippen LogP contribution in [0.2, 0.25) is 13.1 Å². The highest BCUT2D eigenvalue weighted by molar-refractivity contribution is 6.87. The third-order valence-electron chi connectivity index (χ3n) is 3.52. The van der Waals surface area contributed by atoms with Crippen LogP contribution in [0.15, 0.2) is 30.3 Å². The van der Waals surface area contributed by atoms with E-state index in [1.165, 1.54) is 0 Å². The smallest absolute Gasteiger partial charge is 0.377 e. The molecule has 0 aliphatic rings. The Morgan fingerprint density at radius 2 is 1.00 bits per heavy atom. The molecule has 0 fully saturated rings. The lowest BCUT2D eigenvalue weighted by atomic mass is 10.4. The third kappa shape index (κ3) is 5.03. The summed E-state index contributed by atoms with van der Waals surface area (Å²) in [6.07, 6.45) is 0. The van der Waals surface area contributed by atoms with Crippen molar-refractivity contribution in [2.45, 2.75) is 13.1 Å². The Bertz CT molecular complexity index is 446. The number of hydrogen-bond acceptors (Lipinski definition) is 7. The quantitative estimate of drug-likeness (QED) is 0.568. The minimum absolute atomic E-state index is 0.781. The zero-order chi connectivity index (χ0) is 17.6. The lowest BCUT2D eigenvalue weighted by Gasteiger charge is -2.38. The van der Waals surface area contributed by atoms with E-state index < -0.39 is 26.4 Å². The largest absolute Gasteiger partial charge is 0.522 e. The first-order valence-corrected chi connectivity index (χ1v) is 13.2. The van der Waals surface area contributed by atoms with E-state index in [9.17, 15) is 0 Å². The molecule has 7 nitrogen and oxygen atoms in total. The van der Waals surface area contributed by atoms with Crippen LogP contribution in [0.5, 0.6) is 0 Å². The van der Waals surface area contributed by atoms with E-state index in [1.807, 2.05) is 30.3 Å². The molecule has 0 heterocycles. The molecule has 0 atom stereocenters. The molecule has 10 heteroatoms. The van der Waals surface area contributed by atoms with Crippen molar-refractivity contribution in [2.75, 3.05) is 35.5 Å². The van der Waals surface area contributed by atoms with Crippen LogP contribution in [0, 0.1) is 0 Å². The molecule has 0 bridgehead atoms. The summed E-state index contributed by atoms with van der Waals surface area (Å²) in [5.41, 5.74) is 0. The van der Waals surface area contributed by atoms with Gasteiger partial charge in [-0.3, -0.25) is 0 Å². The van der Waals surface area contributed by atoms with Crippen molar-refractivity contribution in [3.05, 3.63) is 30.3 Å². The minimum Gasteiger partial charge on any atom is -0.377 e. The van der Waals surface area contributed by atoms with Gasteiger partial charge in [-0.15, -0.1) is 0 Å². The second kappa shape index (κ2) is 8.62. The first-order valence-electron chi connectivity index (χ1n) is 7.04. The lowest BCUT2D eigenvalue weighted by Crippen LogP contribution is -2.67. The van der Waals surface area contributed by atoms with Crippen LogP contribution in [0.1, 0.15) is 0 Å². The molecule has 0 aliphatic carbocycles. The van der Waals surface area contributed by atoms with Gasteiger partial charge in [-0.1, -0.05) is 30.3 Å². The van der Waals surface area contributed by atoms with Crippen molar-refractivity contribution in [3.63, 3.8) is 0 Å². The Hall–Kier alpha value is -0.409. The molecule has 132 valence electrons. The van der Waals surface area contributed by atoms with Crippen LogP contribution < -0.4 is 5.19 Å². The van der Waals surface area contributed by atoms with Crippen molar-refractivity contribution in [1.82, 2.24) is 0 Å². The van der Waals surface area contributed by atoms with E-state index in [2.05, 4.69) is 0 Å². The van der Waals surface area contributed by atoms with Gasteiger partial charge in [0.2, 0.25) is 0 Å². The van der Waals surface area contributed by atoms with Crippen LogP contribution >= 0.6 is 0 Å². The van der Waals surface area contributed by atoms with Crippen molar-refractivity contribution < 1.29 is 30.4 Å². The van der Waals surface area contributed by atoms with E-state index in [0.717, 1.165) is 5.19 Å². The minimum atomic E-state index is -3.38. The van der Waals surface area contributed by atoms with Gasteiger partial charge in [0.1, 0.15) is 0 Å². The van der Waals surface area contributed by atoms with Crippen molar-refractivity contribution in [3.8, 4) is 0 Å². The topological polar surface area (TPSA) is 64.6 Å². The van der Waals surface area contributed by atoms with E-state index in [4.69, 9.17) is 30.4 Å². The van der Waals surface area contributed by atoms with Gasteiger partial charge in [-0.05, 0) is 0 Å². The van der Waals surface area contributed by atoms with Gasteiger partial charge in [-0.25, -0.2) is 0 Å². The maximum Gasteiger partial charge on any atom is 0.522 e. The average Bonchev–Trinajstić information content (AvgIpc) is 2.61. The lowest BCUT2D eigenvalue weighted by molar-refractivity contribution is 0.0851. The SMILES string of the molecule is CO[Si](C)(OC)O[Si](OC)(O[Si](C)(OC)OC)c1ccccc1. The molecular weight excluding hydrogens is 352 g/mol. The Morgan fingerprint density at radius 1 is 0.609 bits per heavy atom. The molecule has 23 heavy (non-hydrogen) atoms. The highest BCUT2D eigenvalue weighted by atomic mass is 28.5. The van der Waals surface area contributed by atoms with Gasteiger partial charge >= 0.3 is 26.4 Å². The number of benzene rings is 1. The van der Waals surface area contributed by atoms with Gasteiger partial charge in [0, 0.05) is 53.8 Å². The normalized spacial score (nSPS) is 13.3. The second-order valence-electron chi connectivity index (χ2n) is 4.87. The van der Waals surface area contributed by atoms with Crippen LogP contribution in [0.25, 0.3) is 0 Å². The third-order valence-corrected chi connectivity index (χ3v) is 13.2. The molecule has 0 saturated carbocycles. The molecule has 0 saturated heterocycles. The molecular formula is C13H26O7Si3. The molecule has 1 aromatic carbocycles. The molecule has 1 aromatic rings. The highest BCUT2D eigenvalue weighted by Crippen LogP contribution is 2.23. The molecule has 0 spiro atoms. The van der Waals surface area contributed by atoms with Gasteiger partial charge in [0.25, 0.3) is 0 Å². The summed E-state index contributed by atoms with van der Waals surface area (Å²) in [6.45, 7) is 3.55. The molecule has 0 amide bonds. The molecule has 0 aromatic heterocycles. The Morgan fingerprint density at radius 3 is 1.30 bits per heavy atom. The van der Waals surface area contributed by atoms with Crippen LogP contribution in [0.3, 0.4) is 0 Å². The summed E-state index contributed by atoms with van der Waals surface area (Å²) in [5, 5.41) is 0.781. The summed E-state index contributed by atoms with van der Waals surface area (Å²) in [6, 6.07) is 9.45. The monoisotopic (exact) mass is 378 g/mol. The van der Waals surface area contributed by atoms with Gasteiger partial charge < -0.3 is 30.4 Å². The van der Waals surface area contributed by atoms with E-state index in [-0.39, 0.29) is 0 Å². The zero-order valence-corrected chi connectivity index (χ0v) is 17.7. The molecule has 0 N–H and O–H groups in total. The predicted molar refractivity (Wildman–Crippen MR) is 92.3 cm³/mol. The highest BCUT2D eigenvalue weighted by Gasteiger charge is 2.56. The van der Waals surface area contributed by atoms with Crippen LogP contribution in [0.4, 0.5) is 0 Å². The summed E-state index contributed by atoms with van der Waals surface area (Å²) >= 11 is 0. The summed E-state index contributed by atoms with van der Waals surface area (Å²) in [5.74, 6) is 0. The number of rotatable bonds is 10. The molecule has 0 radical (unpaired) electrons. The van der Waals surface area contributed by atoms with E-state index in [0.29, 0.717) is 0 Å². The summed E-state index contributed by atoms with van der Waals surface area (Å²) < 4.78 is 40.0. The molecule has 0 aliphatic heterocycles. The first kappa shape index (κ1) is 20.6. The maximum absolute atomic E-state index is 6.22. The Labute approximate surface area is 141 Å².